The maximum absolute atomic E-state index is 12.9. The van der Waals surface area contributed by atoms with Gasteiger partial charge in [-0.1, -0.05) is 6.07 Å². The summed E-state index contributed by atoms with van der Waals surface area (Å²) in [6.45, 7) is 6.76. The molecular formula is C23H30N4O2S. The molecule has 0 spiro atoms. The van der Waals surface area contributed by atoms with Crippen molar-refractivity contribution in [2.24, 2.45) is 5.92 Å². The summed E-state index contributed by atoms with van der Waals surface area (Å²) < 4.78 is 11.6. The van der Waals surface area contributed by atoms with Crippen molar-refractivity contribution in [3.63, 3.8) is 0 Å². The van der Waals surface area contributed by atoms with Crippen LogP contribution in [0.5, 0.6) is 0 Å². The number of carbonyl (C=O) groups is 1. The number of pyridine rings is 1. The standard InChI is InChI=1S/C23H30N4O2S/c1-30(29)21-9-7-20(8-10-21)23(28)27-12-4-5-19(18-27)17-25-13-15-26(16-14-25)22-6-2-3-11-24-22/h2-3,6-11,19H,4-5,12-18H2,1H3. The van der Waals surface area contributed by atoms with Gasteiger partial charge in [0.1, 0.15) is 5.82 Å². The average molecular weight is 427 g/mol. The minimum atomic E-state index is -1.02. The molecule has 2 unspecified atom stereocenters. The molecule has 6 nitrogen and oxygen atoms in total. The van der Waals surface area contributed by atoms with Crippen LogP contribution in [0.2, 0.25) is 0 Å². The zero-order valence-electron chi connectivity index (χ0n) is 17.6. The normalized spacial score (nSPS) is 21.4. The van der Waals surface area contributed by atoms with Gasteiger partial charge in [-0.2, -0.15) is 0 Å². The number of aromatic nitrogens is 1. The number of hydrogen-bond donors (Lipinski definition) is 0. The number of likely N-dealkylation sites (tertiary alicyclic amines) is 1. The Morgan fingerprint density at radius 3 is 2.50 bits per heavy atom. The van der Waals surface area contributed by atoms with Crippen LogP contribution in [0, 0.1) is 5.92 Å². The lowest BCUT2D eigenvalue weighted by atomic mass is 9.96. The molecule has 7 heteroatoms. The Labute approximate surface area is 181 Å². The van der Waals surface area contributed by atoms with Gasteiger partial charge in [-0.15, -0.1) is 0 Å². The highest BCUT2D eigenvalue weighted by Gasteiger charge is 2.27. The van der Waals surface area contributed by atoms with Crippen LogP contribution in [0.1, 0.15) is 23.2 Å². The fraction of sp³-hybridized carbons (Fsp3) is 0.478. The highest BCUT2D eigenvalue weighted by atomic mass is 32.2. The number of carbonyl (C=O) groups excluding carboxylic acids is 1. The van der Waals surface area contributed by atoms with Crippen molar-refractivity contribution in [3.8, 4) is 0 Å². The predicted molar refractivity (Wildman–Crippen MR) is 120 cm³/mol. The molecule has 0 N–H and O–H groups in total. The highest BCUT2D eigenvalue weighted by molar-refractivity contribution is 7.84. The van der Waals surface area contributed by atoms with Crippen LogP contribution in [0.25, 0.3) is 0 Å². The summed E-state index contributed by atoms with van der Waals surface area (Å²) in [6.07, 6.45) is 5.74. The molecule has 160 valence electrons. The van der Waals surface area contributed by atoms with Crippen molar-refractivity contribution < 1.29 is 9.00 Å². The maximum atomic E-state index is 12.9. The smallest absolute Gasteiger partial charge is 0.253 e. The number of piperidine rings is 1. The van der Waals surface area contributed by atoms with Gasteiger partial charge in [0.25, 0.3) is 5.91 Å². The van der Waals surface area contributed by atoms with Crippen LogP contribution in [0.3, 0.4) is 0 Å². The van der Waals surface area contributed by atoms with Crippen LogP contribution in [0.15, 0.2) is 53.6 Å². The summed E-state index contributed by atoms with van der Waals surface area (Å²) in [7, 11) is -1.02. The first-order valence-electron chi connectivity index (χ1n) is 10.7. The first kappa shape index (κ1) is 21.0. The van der Waals surface area contributed by atoms with Gasteiger partial charge < -0.3 is 9.80 Å². The monoisotopic (exact) mass is 426 g/mol. The van der Waals surface area contributed by atoms with Crippen LogP contribution >= 0.6 is 0 Å². The molecule has 30 heavy (non-hydrogen) atoms. The second-order valence-corrected chi connectivity index (χ2v) is 9.59. The first-order valence-corrected chi connectivity index (χ1v) is 12.3. The van der Waals surface area contributed by atoms with Crippen molar-refractivity contribution in [2.75, 3.05) is 57.0 Å². The van der Waals surface area contributed by atoms with Crippen LogP contribution in [0.4, 0.5) is 5.82 Å². The largest absolute Gasteiger partial charge is 0.354 e. The first-order chi connectivity index (χ1) is 14.6. The molecule has 2 aromatic rings. The molecule has 0 bridgehead atoms. The number of rotatable bonds is 5. The number of hydrogen-bond acceptors (Lipinski definition) is 5. The maximum Gasteiger partial charge on any atom is 0.253 e. The van der Waals surface area contributed by atoms with Crippen LogP contribution in [-0.4, -0.2) is 77.0 Å². The number of nitrogens with zero attached hydrogens (tertiary/aromatic N) is 4. The molecule has 2 fully saturated rings. The minimum Gasteiger partial charge on any atom is -0.354 e. The van der Waals surface area contributed by atoms with E-state index < -0.39 is 10.8 Å². The third-order valence-electron chi connectivity index (χ3n) is 6.10. The van der Waals surface area contributed by atoms with Gasteiger partial charge in [-0.3, -0.25) is 13.9 Å². The van der Waals surface area contributed by atoms with E-state index in [9.17, 15) is 9.00 Å². The van der Waals surface area contributed by atoms with Crippen LogP contribution in [-0.2, 0) is 10.8 Å². The molecule has 2 atom stereocenters. The zero-order chi connectivity index (χ0) is 20.9. The van der Waals surface area contributed by atoms with Gasteiger partial charge in [-0.25, -0.2) is 4.98 Å². The number of amides is 1. The van der Waals surface area contributed by atoms with Gasteiger partial charge in [-0.05, 0) is 55.2 Å². The van der Waals surface area contributed by atoms with Gasteiger partial charge >= 0.3 is 0 Å². The van der Waals surface area contributed by atoms with E-state index in [1.54, 1.807) is 30.5 Å². The second kappa shape index (κ2) is 9.71. The summed E-state index contributed by atoms with van der Waals surface area (Å²) in [5.74, 6) is 1.67. The fourth-order valence-corrected chi connectivity index (χ4v) is 4.96. The Hall–Kier alpha value is -2.25. The molecule has 1 aromatic heterocycles. The Balaban J connectivity index is 1.29. The molecule has 1 amide bonds. The van der Waals surface area contributed by atoms with E-state index in [-0.39, 0.29) is 5.91 Å². The van der Waals surface area contributed by atoms with Crippen molar-refractivity contribution in [1.29, 1.82) is 0 Å². The Kier molecular flexibility index (Phi) is 6.79. The van der Waals surface area contributed by atoms with E-state index in [0.717, 1.165) is 62.9 Å². The second-order valence-electron chi connectivity index (χ2n) is 8.21. The lowest BCUT2D eigenvalue weighted by Gasteiger charge is -2.39. The molecular weight excluding hydrogens is 396 g/mol. The van der Waals surface area contributed by atoms with E-state index in [1.807, 2.05) is 23.2 Å². The predicted octanol–water partition coefficient (Wildman–Crippen LogP) is 2.49. The van der Waals surface area contributed by atoms with Gasteiger partial charge in [0.2, 0.25) is 0 Å². The van der Waals surface area contributed by atoms with Crippen molar-refractivity contribution in [3.05, 3.63) is 54.2 Å². The molecule has 0 aliphatic carbocycles. The topological polar surface area (TPSA) is 56.8 Å². The number of piperazine rings is 1. The Bertz CT molecular complexity index is 867. The van der Waals surface area contributed by atoms with Gasteiger partial charge in [0.05, 0.1) is 0 Å². The quantitative estimate of drug-likeness (QED) is 0.735. The molecule has 1 aromatic carbocycles. The zero-order valence-corrected chi connectivity index (χ0v) is 18.4. The van der Waals surface area contributed by atoms with E-state index >= 15 is 0 Å². The number of benzene rings is 1. The third-order valence-corrected chi connectivity index (χ3v) is 7.04. The van der Waals surface area contributed by atoms with Gasteiger partial charge in [0, 0.05) is 79.5 Å². The summed E-state index contributed by atoms with van der Waals surface area (Å²) in [6, 6.07) is 13.3. The third kappa shape index (κ3) is 5.08. The average Bonchev–Trinajstić information content (AvgIpc) is 2.80. The molecule has 3 heterocycles. The van der Waals surface area contributed by atoms with Gasteiger partial charge in [0.15, 0.2) is 0 Å². The Morgan fingerprint density at radius 2 is 1.83 bits per heavy atom. The number of anilines is 1. The Morgan fingerprint density at radius 1 is 1.07 bits per heavy atom. The SMILES string of the molecule is CS(=O)c1ccc(C(=O)N2CCCC(CN3CCN(c4ccccn4)CC3)C2)cc1. The highest BCUT2D eigenvalue weighted by Crippen LogP contribution is 2.21. The molecule has 4 rings (SSSR count). The molecule has 0 saturated carbocycles. The summed E-state index contributed by atoms with van der Waals surface area (Å²) in [5, 5.41) is 0. The lowest BCUT2D eigenvalue weighted by Crippen LogP contribution is -2.50. The van der Waals surface area contributed by atoms with E-state index in [0.29, 0.717) is 11.5 Å². The molecule has 2 aliphatic rings. The van der Waals surface area contributed by atoms with Crippen molar-refractivity contribution in [2.45, 2.75) is 17.7 Å². The van der Waals surface area contributed by atoms with E-state index in [2.05, 4.69) is 20.9 Å². The minimum absolute atomic E-state index is 0.0908. The molecule has 2 saturated heterocycles. The van der Waals surface area contributed by atoms with Crippen molar-refractivity contribution >= 4 is 22.5 Å². The fourth-order valence-electron chi connectivity index (χ4n) is 4.44. The summed E-state index contributed by atoms with van der Waals surface area (Å²) in [4.78, 5) is 25.0. The summed E-state index contributed by atoms with van der Waals surface area (Å²) >= 11 is 0. The molecule has 0 radical (unpaired) electrons. The molecule has 2 aliphatic heterocycles. The van der Waals surface area contributed by atoms with E-state index in [1.165, 1.54) is 6.42 Å². The van der Waals surface area contributed by atoms with Crippen LogP contribution < -0.4 is 4.90 Å². The summed E-state index contributed by atoms with van der Waals surface area (Å²) in [5.41, 5.74) is 0.689. The van der Waals surface area contributed by atoms with E-state index in [4.69, 9.17) is 0 Å². The van der Waals surface area contributed by atoms with Crippen molar-refractivity contribution in [1.82, 2.24) is 14.8 Å². The lowest BCUT2D eigenvalue weighted by molar-refractivity contribution is 0.0637.